The number of aryl methyl sites for hydroxylation is 1. The van der Waals surface area contributed by atoms with Gasteiger partial charge in [-0.3, -0.25) is 0 Å². The van der Waals surface area contributed by atoms with Gasteiger partial charge in [-0.25, -0.2) is 0 Å². The number of anilines is 1. The van der Waals surface area contributed by atoms with E-state index in [1.165, 1.54) is 44.5 Å². The van der Waals surface area contributed by atoms with Crippen molar-refractivity contribution in [1.29, 1.82) is 0 Å². The van der Waals surface area contributed by atoms with Crippen LogP contribution in [0, 0.1) is 6.92 Å². The van der Waals surface area contributed by atoms with Crippen molar-refractivity contribution in [2.75, 3.05) is 26.0 Å². The van der Waals surface area contributed by atoms with Gasteiger partial charge in [0.15, 0.2) is 0 Å². The Morgan fingerprint density at radius 2 is 1.61 bits per heavy atom. The van der Waals surface area contributed by atoms with E-state index in [0.717, 1.165) is 0 Å². The molecule has 0 saturated heterocycles. The van der Waals surface area contributed by atoms with Gasteiger partial charge in [0.1, 0.15) is 7.05 Å². The molecular weight excluding hydrogens is 280 g/mol. The van der Waals surface area contributed by atoms with Crippen LogP contribution in [0.3, 0.4) is 0 Å². The van der Waals surface area contributed by atoms with Crippen LogP contribution in [0.2, 0.25) is 0 Å². The van der Waals surface area contributed by atoms with Gasteiger partial charge in [-0.05, 0) is 48.2 Å². The third-order valence-corrected chi connectivity index (χ3v) is 4.85. The van der Waals surface area contributed by atoms with Crippen LogP contribution in [0.1, 0.15) is 16.7 Å². The summed E-state index contributed by atoms with van der Waals surface area (Å²) >= 11 is 0. The van der Waals surface area contributed by atoms with Gasteiger partial charge >= 0.3 is 0 Å². The molecule has 3 aromatic carbocycles. The van der Waals surface area contributed by atoms with E-state index in [1.54, 1.807) is 0 Å². The molecule has 0 fully saturated rings. The topological polar surface area (TPSA) is 6.25 Å². The number of benzene rings is 3. The minimum Gasteiger partial charge on any atom is -0.378 e. The van der Waals surface area contributed by atoms with E-state index >= 15 is 0 Å². The highest BCUT2D eigenvalue weighted by Gasteiger charge is 2.30. The van der Waals surface area contributed by atoms with Gasteiger partial charge in [0.2, 0.25) is 11.4 Å². The number of hydrogen-bond donors (Lipinski definition) is 0. The number of rotatable bonds is 2. The van der Waals surface area contributed by atoms with Gasteiger partial charge in [0.05, 0.1) is 10.9 Å². The fraction of sp³-hybridized carbons (Fsp3) is 0.190. The van der Waals surface area contributed by atoms with E-state index in [4.69, 9.17) is 0 Å². The summed E-state index contributed by atoms with van der Waals surface area (Å²) in [6.45, 7) is 2.19. The lowest BCUT2D eigenvalue weighted by atomic mass is 9.96. The monoisotopic (exact) mass is 301 g/mol. The van der Waals surface area contributed by atoms with E-state index in [1.807, 2.05) is 0 Å². The SMILES string of the molecule is Cc1ccc2c3c(cccc13)C(c1ccc(N(C)C)cc1)=[N+]2C. The smallest absolute Gasteiger partial charge is 0.220 e. The van der Waals surface area contributed by atoms with Crippen molar-refractivity contribution in [3.8, 4) is 0 Å². The fourth-order valence-corrected chi connectivity index (χ4v) is 3.58. The molecule has 0 radical (unpaired) electrons. The van der Waals surface area contributed by atoms with Gasteiger partial charge in [-0.15, -0.1) is 0 Å². The van der Waals surface area contributed by atoms with Gasteiger partial charge in [-0.2, -0.15) is 4.58 Å². The highest BCUT2D eigenvalue weighted by atomic mass is 15.1. The molecule has 0 aliphatic carbocycles. The molecule has 4 rings (SSSR count). The Morgan fingerprint density at radius 3 is 2.30 bits per heavy atom. The quantitative estimate of drug-likeness (QED) is 0.638. The third-order valence-electron chi connectivity index (χ3n) is 4.85. The predicted molar refractivity (Wildman–Crippen MR) is 98.5 cm³/mol. The van der Waals surface area contributed by atoms with Crippen molar-refractivity contribution >= 4 is 27.9 Å². The third kappa shape index (κ3) is 1.98. The summed E-state index contributed by atoms with van der Waals surface area (Å²) < 4.78 is 2.32. The second-order valence-corrected chi connectivity index (χ2v) is 6.48. The highest BCUT2D eigenvalue weighted by molar-refractivity contribution is 6.22. The van der Waals surface area contributed by atoms with Crippen molar-refractivity contribution in [2.24, 2.45) is 0 Å². The molecule has 0 spiro atoms. The molecule has 0 saturated carbocycles. The molecule has 3 aromatic rings. The minimum absolute atomic E-state index is 1.22. The summed E-state index contributed by atoms with van der Waals surface area (Å²) in [4.78, 5) is 2.13. The van der Waals surface area contributed by atoms with Crippen LogP contribution < -0.4 is 4.90 Å². The van der Waals surface area contributed by atoms with Gasteiger partial charge in [0.25, 0.3) is 0 Å². The molecule has 2 nitrogen and oxygen atoms in total. The largest absolute Gasteiger partial charge is 0.378 e. The van der Waals surface area contributed by atoms with Crippen LogP contribution in [0.4, 0.5) is 11.4 Å². The molecule has 2 heteroatoms. The molecule has 114 valence electrons. The summed E-state index contributed by atoms with van der Waals surface area (Å²) in [5.74, 6) is 0. The molecule has 1 aliphatic heterocycles. The van der Waals surface area contributed by atoms with Crippen LogP contribution >= 0.6 is 0 Å². The first-order valence-electron chi connectivity index (χ1n) is 7.99. The average molecular weight is 301 g/mol. The maximum Gasteiger partial charge on any atom is 0.220 e. The summed E-state index contributed by atoms with van der Waals surface area (Å²) in [5, 5.41) is 2.73. The zero-order chi connectivity index (χ0) is 16.1. The molecule has 1 heterocycles. The molecule has 0 unspecified atom stereocenters. The van der Waals surface area contributed by atoms with Gasteiger partial charge in [0, 0.05) is 31.4 Å². The van der Waals surface area contributed by atoms with Crippen LogP contribution in [0.15, 0.2) is 54.6 Å². The minimum atomic E-state index is 1.22. The van der Waals surface area contributed by atoms with E-state index in [9.17, 15) is 0 Å². The summed E-state index contributed by atoms with van der Waals surface area (Å²) in [6.07, 6.45) is 0. The Balaban J connectivity index is 1.95. The second kappa shape index (κ2) is 4.95. The van der Waals surface area contributed by atoms with E-state index < -0.39 is 0 Å². The van der Waals surface area contributed by atoms with Crippen molar-refractivity contribution in [2.45, 2.75) is 6.92 Å². The normalized spacial score (nSPS) is 13.0. The zero-order valence-corrected chi connectivity index (χ0v) is 14.1. The van der Waals surface area contributed by atoms with Crippen LogP contribution in [0.25, 0.3) is 10.8 Å². The number of nitrogens with zero attached hydrogens (tertiary/aromatic N) is 2. The van der Waals surface area contributed by atoms with Crippen LogP contribution in [-0.2, 0) is 0 Å². The van der Waals surface area contributed by atoms with Crippen molar-refractivity contribution in [3.05, 3.63) is 71.3 Å². The first-order chi connectivity index (χ1) is 11.1. The Labute approximate surface area is 137 Å². The Hall–Kier alpha value is -2.61. The molecule has 0 N–H and O–H groups in total. The Bertz CT molecular complexity index is 947. The lowest BCUT2D eigenvalue weighted by Crippen LogP contribution is -2.12. The maximum atomic E-state index is 2.32. The zero-order valence-electron chi connectivity index (χ0n) is 14.1. The molecule has 23 heavy (non-hydrogen) atoms. The van der Waals surface area contributed by atoms with Crippen LogP contribution in [-0.4, -0.2) is 31.4 Å². The maximum absolute atomic E-state index is 2.32. The summed E-state index contributed by atoms with van der Waals surface area (Å²) in [5.41, 5.74) is 7.75. The standard InChI is InChI=1S/C21H21N2/c1-14-8-13-19-20-17(14)6-5-7-18(20)21(23(19)4)15-9-11-16(12-10-15)22(2)3/h5-13H,1-4H3/q+1. The predicted octanol–water partition coefficient (Wildman–Crippen LogP) is 4.34. The van der Waals surface area contributed by atoms with Crippen molar-refractivity contribution < 1.29 is 4.58 Å². The molecule has 1 aliphatic rings. The summed E-state index contributed by atoms with van der Waals surface area (Å²) in [6, 6.07) is 19.9. The van der Waals surface area contributed by atoms with Gasteiger partial charge in [-0.1, -0.05) is 18.2 Å². The van der Waals surface area contributed by atoms with Crippen LogP contribution in [0.5, 0.6) is 0 Å². The Morgan fingerprint density at radius 1 is 0.870 bits per heavy atom. The van der Waals surface area contributed by atoms with Crippen molar-refractivity contribution in [3.63, 3.8) is 0 Å². The van der Waals surface area contributed by atoms with Gasteiger partial charge < -0.3 is 4.90 Å². The lowest BCUT2D eigenvalue weighted by Gasteiger charge is -2.12. The van der Waals surface area contributed by atoms with E-state index in [0.29, 0.717) is 0 Å². The molecule has 0 aromatic heterocycles. The van der Waals surface area contributed by atoms with E-state index in [2.05, 4.69) is 92.1 Å². The molecule has 0 amide bonds. The first kappa shape index (κ1) is 14.0. The molecule has 0 atom stereocenters. The molecular formula is C21H21N2+. The Kier molecular flexibility index (Phi) is 3.02. The first-order valence-corrected chi connectivity index (χ1v) is 7.99. The lowest BCUT2D eigenvalue weighted by molar-refractivity contribution is -0.399. The fourth-order valence-electron chi connectivity index (χ4n) is 3.58. The summed E-state index contributed by atoms with van der Waals surface area (Å²) in [7, 11) is 6.31. The highest BCUT2D eigenvalue weighted by Crippen LogP contribution is 2.37. The number of hydrogen-bond acceptors (Lipinski definition) is 1. The average Bonchev–Trinajstić information content (AvgIpc) is 2.84. The molecule has 0 bridgehead atoms. The van der Waals surface area contributed by atoms with Crippen molar-refractivity contribution in [1.82, 2.24) is 0 Å². The van der Waals surface area contributed by atoms with E-state index in [-0.39, 0.29) is 0 Å². The second-order valence-electron chi connectivity index (χ2n) is 6.48.